The zero-order chi connectivity index (χ0) is 19.8. The summed E-state index contributed by atoms with van der Waals surface area (Å²) in [5.41, 5.74) is 4.07. The maximum atomic E-state index is 4.78. The molecule has 0 saturated carbocycles. The molecule has 0 amide bonds. The van der Waals surface area contributed by atoms with Gasteiger partial charge >= 0.3 is 0 Å². The summed E-state index contributed by atoms with van der Waals surface area (Å²) in [5.74, 6) is 1.63. The molecule has 5 rings (SSSR count). The SMILES string of the molecule is CC(C)c1cnc2ccc3cnc(Nc4ccc(N5CCCCC5)cn4)nc3n12. The van der Waals surface area contributed by atoms with E-state index in [-0.39, 0.29) is 0 Å². The molecule has 4 aromatic heterocycles. The summed E-state index contributed by atoms with van der Waals surface area (Å²) in [6.45, 7) is 6.55. The van der Waals surface area contributed by atoms with Gasteiger partial charge in [-0.15, -0.1) is 0 Å². The second-order valence-electron chi connectivity index (χ2n) is 7.91. The van der Waals surface area contributed by atoms with E-state index in [1.54, 1.807) is 0 Å². The number of pyridine rings is 2. The maximum absolute atomic E-state index is 4.78. The number of rotatable bonds is 4. The average molecular weight is 387 g/mol. The normalized spacial score (nSPS) is 14.8. The topological polar surface area (TPSA) is 71.2 Å². The molecular formula is C22H25N7. The molecule has 5 heterocycles. The number of hydrogen-bond acceptors (Lipinski definition) is 6. The second-order valence-corrected chi connectivity index (χ2v) is 7.91. The van der Waals surface area contributed by atoms with Gasteiger partial charge < -0.3 is 10.2 Å². The van der Waals surface area contributed by atoms with Crippen LogP contribution in [-0.2, 0) is 0 Å². The molecule has 1 saturated heterocycles. The summed E-state index contributed by atoms with van der Waals surface area (Å²) < 4.78 is 2.11. The van der Waals surface area contributed by atoms with E-state index in [1.807, 2.05) is 36.8 Å². The zero-order valence-corrected chi connectivity index (χ0v) is 16.8. The van der Waals surface area contributed by atoms with Gasteiger partial charge in [-0.05, 0) is 49.4 Å². The highest BCUT2D eigenvalue weighted by atomic mass is 15.2. The fourth-order valence-electron chi connectivity index (χ4n) is 3.95. The molecule has 0 unspecified atom stereocenters. The predicted molar refractivity (Wildman–Crippen MR) is 116 cm³/mol. The molecule has 7 nitrogen and oxygen atoms in total. The van der Waals surface area contributed by atoms with E-state index in [1.165, 1.54) is 24.9 Å². The lowest BCUT2D eigenvalue weighted by atomic mass is 10.1. The number of nitrogens with zero attached hydrogens (tertiary/aromatic N) is 6. The Hall–Kier alpha value is -3.22. The van der Waals surface area contributed by atoms with Crippen LogP contribution in [0.4, 0.5) is 17.5 Å². The molecule has 0 bridgehead atoms. The van der Waals surface area contributed by atoms with E-state index < -0.39 is 0 Å². The Morgan fingerprint density at radius 2 is 1.76 bits per heavy atom. The molecule has 1 N–H and O–H groups in total. The molecule has 0 radical (unpaired) electrons. The molecular weight excluding hydrogens is 362 g/mol. The molecule has 1 aliphatic heterocycles. The van der Waals surface area contributed by atoms with Gasteiger partial charge in [0.15, 0.2) is 5.65 Å². The van der Waals surface area contributed by atoms with Gasteiger partial charge in [-0.1, -0.05) is 13.8 Å². The van der Waals surface area contributed by atoms with Crippen LogP contribution in [0.25, 0.3) is 16.7 Å². The molecule has 0 aliphatic carbocycles. The number of fused-ring (bicyclic) bond motifs is 3. The van der Waals surface area contributed by atoms with E-state index in [0.717, 1.165) is 41.3 Å². The van der Waals surface area contributed by atoms with E-state index in [4.69, 9.17) is 4.98 Å². The molecule has 148 valence electrons. The van der Waals surface area contributed by atoms with Crippen LogP contribution < -0.4 is 10.2 Å². The van der Waals surface area contributed by atoms with Crippen LogP contribution in [-0.4, -0.2) is 37.4 Å². The van der Waals surface area contributed by atoms with Crippen molar-refractivity contribution in [3.63, 3.8) is 0 Å². The lowest BCUT2D eigenvalue weighted by Gasteiger charge is -2.28. The Morgan fingerprint density at radius 3 is 2.52 bits per heavy atom. The van der Waals surface area contributed by atoms with Gasteiger partial charge in [0, 0.05) is 36.6 Å². The number of nitrogens with one attached hydrogen (secondary N) is 1. The lowest BCUT2D eigenvalue weighted by Crippen LogP contribution is -2.29. The quantitative estimate of drug-likeness (QED) is 0.555. The molecule has 0 atom stereocenters. The summed E-state index contributed by atoms with van der Waals surface area (Å²) in [7, 11) is 0. The first-order chi connectivity index (χ1) is 14.2. The molecule has 4 aromatic rings. The van der Waals surface area contributed by atoms with Crippen molar-refractivity contribution >= 4 is 34.1 Å². The van der Waals surface area contributed by atoms with Crippen LogP contribution in [0.5, 0.6) is 0 Å². The van der Waals surface area contributed by atoms with Crippen molar-refractivity contribution in [3.05, 3.63) is 48.5 Å². The van der Waals surface area contributed by atoms with Gasteiger partial charge in [-0.3, -0.25) is 4.40 Å². The monoisotopic (exact) mass is 387 g/mol. The summed E-state index contributed by atoms with van der Waals surface area (Å²) in [6, 6.07) is 8.13. The first-order valence-corrected chi connectivity index (χ1v) is 10.3. The van der Waals surface area contributed by atoms with E-state index in [2.05, 4.69) is 49.5 Å². The Balaban J connectivity index is 1.46. The van der Waals surface area contributed by atoms with Crippen molar-refractivity contribution in [1.29, 1.82) is 0 Å². The largest absolute Gasteiger partial charge is 0.370 e. The minimum atomic E-state index is 0.353. The van der Waals surface area contributed by atoms with Crippen molar-refractivity contribution in [1.82, 2.24) is 24.3 Å². The summed E-state index contributed by atoms with van der Waals surface area (Å²) >= 11 is 0. The van der Waals surface area contributed by atoms with Gasteiger partial charge in [0.05, 0.1) is 11.9 Å². The number of anilines is 3. The van der Waals surface area contributed by atoms with E-state index in [0.29, 0.717) is 11.9 Å². The van der Waals surface area contributed by atoms with E-state index in [9.17, 15) is 0 Å². The lowest BCUT2D eigenvalue weighted by molar-refractivity contribution is 0.577. The molecule has 1 fully saturated rings. The first kappa shape index (κ1) is 17.8. The summed E-state index contributed by atoms with van der Waals surface area (Å²) in [6.07, 6.45) is 9.54. The van der Waals surface area contributed by atoms with Gasteiger partial charge in [-0.2, -0.15) is 4.98 Å². The van der Waals surface area contributed by atoms with Gasteiger partial charge in [0.2, 0.25) is 5.95 Å². The van der Waals surface area contributed by atoms with Crippen LogP contribution in [0.1, 0.15) is 44.7 Å². The molecule has 7 heteroatoms. The van der Waals surface area contributed by atoms with Gasteiger partial charge in [-0.25, -0.2) is 15.0 Å². The Kier molecular flexibility index (Phi) is 4.50. The second kappa shape index (κ2) is 7.31. The highest BCUT2D eigenvalue weighted by Crippen LogP contribution is 2.24. The third kappa shape index (κ3) is 3.37. The minimum absolute atomic E-state index is 0.353. The fraction of sp³-hybridized carbons (Fsp3) is 0.364. The highest BCUT2D eigenvalue weighted by molar-refractivity contribution is 5.79. The zero-order valence-electron chi connectivity index (χ0n) is 16.8. The first-order valence-electron chi connectivity index (χ1n) is 10.3. The van der Waals surface area contributed by atoms with Gasteiger partial charge in [0.25, 0.3) is 0 Å². The number of aromatic nitrogens is 5. The third-order valence-corrected chi connectivity index (χ3v) is 5.54. The average Bonchev–Trinajstić information content (AvgIpc) is 3.20. The van der Waals surface area contributed by atoms with Crippen molar-refractivity contribution < 1.29 is 0 Å². The van der Waals surface area contributed by atoms with Crippen LogP contribution in [0, 0.1) is 0 Å². The molecule has 29 heavy (non-hydrogen) atoms. The van der Waals surface area contributed by atoms with Gasteiger partial charge in [0.1, 0.15) is 11.5 Å². The van der Waals surface area contributed by atoms with Crippen LogP contribution in [0.3, 0.4) is 0 Å². The Bertz CT molecular complexity index is 1140. The number of imidazole rings is 1. The summed E-state index contributed by atoms with van der Waals surface area (Å²) in [4.78, 5) is 20.7. The van der Waals surface area contributed by atoms with Crippen LogP contribution in [0.2, 0.25) is 0 Å². The summed E-state index contributed by atoms with van der Waals surface area (Å²) in [5, 5.41) is 4.23. The molecule has 0 spiro atoms. The molecule has 0 aromatic carbocycles. The maximum Gasteiger partial charge on any atom is 0.230 e. The highest BCUT2D eigenvalue weighted by Gasteiger charge is 2.13. The van der Waals surface area contributed by atoms with Crippen LogP contribution >= 0.6 is 0 Å². The van der Waals surface area contributed by atoms with Crippen molar-refractivity contribution in [2.75, 3.05) is 23.3 Å². The van der Waals surface area contributed by atoms with Crippen molar-refractivity contribution in [2.24, 2.45) is 0 Å². The third-order valence-electron chi connectivity index (χ3n) is 5.54. The standard InChI is InChI=1S/C22H25N7/c1-15(2)18-14-24-20-9-6-16-12-25-22(27-21(16)29(18)20)26-19-8-7-17(13-23-19)28-10-4-3-5-11-28/h6-9,12-15H,3-5,10-11H2,1-2H3,(H,23,25,26,27). The number of hydrogen-bond donors (Lipinski definition) is 1. The minimum Gasteiger partial charge on any atom is -0.370 e. The fourth-order valence-corrected chi connectivity index (χ4v) is 3.95. The van der Waals surface area contributed by atoms with Crippen molar-refractivity contribution in [2.45, 2.75) is 39.0 Å². The molecule has 1 aliphatic rings. The van der Waals surface area contributed by atoms with Crippen molar-refractivity contribution in [3.8, 4) is 0 Å². The Morgan fingerprint density at radius 1 is 0.897 bits per heavy atom. The predicted octanol–water partition coefficient (Wildman–Crippen LogP) is 4.53. The number of piperidine rings is 1. The smallest absolute Gasteiger partial charge is 0.230 e. The van der Waals surface area contributed by atoms with Crippen LogP contribution in [0.15, 0.2) is 42.9 Å². The van der Waals surface area contributed by atoms with E-state index >= 15 is 0 Å². The Labute approximate surface area is 169 Å².